The number of hydrogen-bond acceptors (Lipinski definition) is 2. The second kappa shape index (κ2) is 5.58. The summed E-state index contributed by atoms with van der Waals surface area (Å²) in [6.07, 6.45) is -0.0225. The molecule has 0 radical (unpaired) electrons. The highest BCUT2D eigenvalue weighted by Crippen LogP contribution is 2.31. The Morgan fingerprint density at radius 2 is 1.90 bits per heavy atom. The SMILES string of the molecule is Cc1nn(C)c(Cl)c1CC(O)C(C)(C)c1ccccc1. The fourth-order valence-corrected chi connectivity index (χ4v) is 2.67. The number of halogens is 1. The Balaban J connectivity index is 2.25. The largest absolute Gasteiger partial charge is 0.392 e. The molecule has 1 atom stereocenters. The van der Waals surface area contributed by atoms with Crippen LogP contribution in [0.1, 0.15) is 30.7 Å². The first-order valence-corrected chi connectivity index (χ1v) is 7.13. The molecule has 4 heteroatoms. The predicted octanol–water partition coefficient (Wildman–Crippen LogP) is 3.26. The maximum absolute atomic E-state index is 10.6. The minimum atomic E-state index is -0.523. The first kappa shape index (κ1) is 15.1. The highest BCUT2D eigenvalue weighted by atomic mass is 35.5. The summed E-state index contributed by atoms with van der Waals surface area (Å²) >= 11 is 6.24. The van der Waals surface area contributed by atoms with Gasteiger partial charge < -0.3 is 5.11 Å². The van der Waals surface area contributed by atoms with Crippen molar-refractivity contribution >= 4 is 11.6 Å². The molecule has 3 nitrogen and oxygen atoms in total. The summed E-state index contributed by atoms with van der Waals surface area (Å²) in [5.74, 6) is 0. The molecule has 1 aromatic carbocycles. The number of aromatic nitrogens is 2. The molecule has 2 aromatic rings. The van der Waals surface area contributed by atoms with Gasteiger partial charge in [0.15, 0.2) is 0 Å². The van der Waals surface area contributed by atoms with E-state index >= 15 is 0 Å². The molecular formula is C16H21ClN2O. The summed E-state index contributed by atoms with van der Waals surface area (Å²) in [7, 11) is 1.81. The van der Waals surface area contributed by atoms with E-state index in [1.54, 1.807) is 4.68 Å². The Kier molecular flexibility index (Phi) is 4.21. The molecule has 0 fully saturated rings. The smallest absolute Gasteiger partial charge is 0.130 e. The lowest BCUT2D eigenvalue weighted by Gasteiger charge is -2.31. The number of aryl methyl sites for hydroxylation is 2. The number of aliphatic hydroxyl groups is 1. The second-order valence-electron chi connectivity index (χ2n) is 5.79. The van der Waals surface area contributed by atoms with Crippen molar-refractivity contribution in [3.05, 3.63) is 52.3 Å². The van der Waals surface area contributed by atoms with Crippen molar-refractivity contribution in [3.63, 3.8) is 0 Å². The molecule has 2 rings (SSSR count). The Bertz CT molecular complexity index is 590. The van der Waals surface area contributed by atoms with E-state index in [4.69, 9.17) is 11.6 Å². The fourth-order valence-electron chi connectivity index (χ4n) is 2.41. The zero-order valence-electron chi connectivity index (χ0n) is 12.4. The van der Waals surface area contributed by atoms with Crippen molar-refractivity contribution in [1.29, 1.82) is 0 Å². The van der Waals surface area contributed by atoms with Crippen molar-refractivity contribution < 1.29 is 5.11 Å². The van der Waals surface area contributed by atoms with Crippen molar-refractivity contribution in [2.75, 3.05) is 0 Å². The van der Waals surface area contributed by atoms with E-state index in [1.165, 1.54) is 0 Å². The standard InChI is InChI=1S/C16H21ClN2O/c1-11-13(15(17)19(4)18-11)10-14(20)16(2,3)12-8-6-5-7-9-12/h5-9,14,20H,10H2,1-4H3. The van der Waals surface area contributed by atoms with E-state index in [-0.39, 0.29) is 5.41 Å². The van der Waals surface area contributed by atoms with Crippen molar-refractivity contribution in [2.45, 2.75) is 38.7 Å². The minimum absolute atomic E-state index is 0.340. The molecule has 108 valence electrons. The summed E-state index contributed by atoms with van der Waals surface area (Å²) in [5, 5.41) is 15.5. The minimum Gasteiger partial charge on any atom is -0.392 e. The van der Waals surface area contributed by atoms with Gasteiger partial charge in [-0.15, -0.1) is 0 Å². The molecule has 1 N–H and O–H groups in total. The molecule has 0 spiro atoms. The van der Waals surface area contributed by atoms with Crippen LogP contribution in [-0.4, -0.2) is 21.0 Å². The molecule has 0 saturated carbocycles. The first-order valence-electron chi connectivity index (χ1n) is 6.75. The lowest BCUT2D eigenvalue weighted by molar-refractivity contribution is 0.0998. The van der Waals surface area contributed by atoms with Crippen LogP contribution < -0.4 is 0 Å². The van der Waals surface area contributed by atoms with E-state index < -0.39 is 6.10 Å². The van der Waals surface area contributed by atoms with Crippen LogP contribution in [-0.2, 0) is 18.9 Å². The van der Waals surface area contributed by atoms with E-state index in [0.717, 1.165) is 16.8 Å². The zero-order valence-corrected chi connectivity index (χ0v) is 13.1. The van der Waals surface area contributed by atoms with E-state index in [1.807, 2.05) is 58.2 Å². The van der Waals surface area contributed by atoms with Crippen LogP contribution in [0.15, 0.2) is 30.3 Å². The number of rotatable bonds is 4. The van der Waals surface area contributed by atoms with Gasteiger partial charge in [-0.3, -0.25) is 4.68 Å². The van der Waals surface area contributed by atoms with Crippen LogP contribution in [0, 0.1) is 6.92 Å². The zero-order chi connectivity index (χ0) is 14.9. The van der Waals surface area contributed by atoms with Crippen LogP contribution in [0.5, 0.6) is 0 Å². The Morgan fingerprint density at radius 3 is 2.40 bits per heavy atom. The van der Waals surface area contributed by atoms with Gasteiger partial charge >= 0.3 is 0 Å². The maximum atomic E-state index is 10.6. The maximum Gasteiger partial charge on any atom is 0.130 e. The molecule has 0 saturated heterocycles. The molecule has 0 aliphatic rings. The van der Waals surface area contributed by atoms with Crippen LogP contribution in [0.25, 0.3) is 0 Å². The summed E-state index contributed by atoms with van der Waals surface area (Å²) < 4.78 is 1.65. The average molecular weight is 293 g/mol. The molecular weight excluding hydrogens is 272 g/mol. The quantitative estimate of drug-likeness (QED) is 0.939. The van der Waals surface area contributed by atoms with E-state index in [9.17, 15) is 5.11 Å². The molecule has 1 unspecified atom stereocenters. The summed E-state index contributed by atoms with van der Waals surface area (Å²) in [6.45, 7) is 6.02. The van der Waals surface area contributed by atoms with Gasteiger partial charge in [-0.05, 0) is 12.5 Å². The van der Waals surface area contributed by atoms with Gasteiger partial charge in [0.05, 0.1) is 11.8 Å². The molecule has 1 aromatic heterocycles. The third-order valence-electron chi connectivity index (χ3n) is 4.02. The van der Waals surface area contributed by atoms with Crippen LogP contribution >= 0.6 is 11.6 Å². The number of nitrogens with zero attached hydrogens (tertiary/aromatic N) is 2. The van der Waals surface area contributed by atoms with E-state index in [2.05, 4.69) is 5.10 Å². The summed E-state index contributed by atoms with van der Waals surface area (Å²) in [5.41, 5.74) is 2.57. The van der Waals surface area contributed by atoms with Crippen LogP contribution in [0.3, 0.4) is 0 Å². The topological polar surface area (TPSA) is 38.0 Å². The van der Waals surface area contributed by atoms with Gasteiger partial charge in [0.1, 0.15) is 5.15 Å². The molecule has 0 bridgehead atoms. The van der Waals surface area contributed by atoms with Crippen molar-refractivity contribution in [1.82, 2.24) is 9.78 Å². The lowest BCUT2D eigenvalue weighted by Crippen LogP contribution is -2.35. The lowest BCUT2D eigenvalue weighted by atomic mass is 9.77. The second-order valence-corrected chi connectivity index (χ2v) is 6.14. The number of aliphatic hydroxyl groups excluding tert-OH is 1. The highest BCUT2D eigenvalue weighted by molar-refractivity contribution is 6.30. The van der Waals surface area contributed by atoms with Crippen LogP contribution in [0.2, 0.25) is 5.15 Å². The Labute approximate surface area is 125 Å². The normalized spacial score (nSPS) is 13.5. The number of hydrogen-bond donors (Lipinski definition) is 1. The Hall–Kier alpha value is -1.32. The van der Waals surface area contributed by atoms with Crippen molar-refractivity contribution in [3.8, 4) is 0 Å². The van der Waals surface area contributed by atoms with Gasteiger partial charge in [0, 0.05) is 24.4 Å². The monoisotopic (exact) mass is 292 g/mol. The molecule has 0 aliphatic heterocycles. The fraction of sp³-hybridized carbons (Fsp3) is 0.438. The molecule has 20 heavy (non-hydrogen) atoms. The summed E-state index contributed by atoms with van der Waals surface area (Å²) in [6, 6.07) is 10.0. The summed E-state index contributed by atoms with van der Waals surface area (Å²) in [4.78, 5) is 0. The third-order valence-corrected chi connectivity index (χ3v) is 4.49. The van der Waals surface area contributed by atoms with Gasteiger partial charge in [-0.1, -0.05) is 55.8 Å². The van der Waals surface area contributed by atoms with E-state index in [0.29, 0.717) is 11.6 Å². The van der Waals surface area contributed by atoms with Crippen LogP contribution in [0.4, 0.5) is 0 Å². The third kappa shape index (κ3) is 2.74. The number of benzene rings is 1. The molecule has 0 amide bonds. The highest BCUT2D eigenvalue weighted by Gasteiger charge is 2.31. The Morgan fingerprint density at radius 1 is 1.30 bits per heavy atom. The van der Waals surface area contributed by atoms with Gasteiger partial charge in [-0.2, -0.15) is 5.10 Å². The first-order chi connectivity index (χ1) is 9.34. The average Bonchev–Trinajstić information content (AvgIpc) is 2.66. The molecule has 0 aliphatic carbocycles. The van der Waals surface area contributed by atoms with Gasteiger partial charge in [0.2, 0.25) is 0 Å². The van der Waals surface area contributed by atoms with Crippen molar-refractivity contribution in [2.24, 2.45) is 7.05 Å². The predicted molar refractivity (Wildman–Crippen MR) is 82.1 cm³/mol. The van der Waals surface area contributed by atoms with Gasteiger partial charge in [-0.25, -0.2) is 0 Å². The molecule has 1 heterocycles. The van der Waals surface area contributed by atoms with Gasteiger partial charge in [0.25, 0.3) is 0 Å².